The van der Waals surface area contributed by atoms with E-state index in [1.807, 2.05) is 6.07 Å². The Kier molecular flexibility index (Phi) is 3.59. The van der Waals surface area contributed by atoms with Crippen LogP contribution in [0.15, 0.2) is 6.07 Å². The lowest BCUT2D eigenvalue weighted by Crippen LogP contribution is -2.24. The van der Waals surface area contributed by atoms with Crippen LogP contribution in [0.3, 0.4) is 0 Å². The highest BCUT2D eigenvalue weighted by atomic mass is 16.1. The fraction of sp³-hybridized carbons (Fsp3) is 0.667. The number of amides is 1. The third-order valence-corrected chi connectivity index (χ3v) is 3.24. The molecule has 1 aromatic rings. The quantitative estimate of drug-likeness (QED) is 0.823. The largest absolute Gasteiger partial charge is 0.309 e. The number of hydrogen-bond donors (Lipinski definition) is 2. The van der Waals surface area contributed by atoms with Gasteiger partial charge in [0, 0.05) is 17.7 Å². The van der Waals surface area contributed by atoms with Crippen LogP contribution in [0, 0.1) is 5.92 Å². The number of aryl methyl sites for hydroxylation is 1. The minimum atomic E-state index is 0.133. The fourth-order valence-corrected chi connectivity index (χ4v) is 2.20. The topological polar surface area (TPSA) is 57.8 Å². The number of rotatable bonds is 3. The van der Waals surface area contributed by atoms with Crippen LogP contribution in [-0.4, -0.2) is 16.1 Å². The molecule has 0 bridgehead atoms. The van der Waals surface area contributed by atoms with Gasteiger partial charge < -0.3 is 5.32 Å². The van der Waals surface area contributed by atoms with E-state index in [0.717, 1.165) is 25.0 Å². The molecule has 0 aliphatic heterocycles. The maximum Gasteiger partial charge on any atom is 0.228 e. The predicted octanol–water partition coefficient (Wildman–Crippen LogP) is 2.49. The van der Waals surface area contributed by atoms with Crippen molar-refractivity contribution in [3.63, 3.8) is 0 Å². The number of aromatic amines is 1. The zero-order valence-electron chi connectivity index (χ0n) is 9.75. The molecule has 1 aliphatic rings. The first-order chi connectivity index (χ1) is 7.79. The molecule has 1 amide bonds. The number of hydrogen-bond acceptors (Lipinski definition) is 2. The van der Waals surface area contributed by atoms with Gasteiger partial charge in [0.15, 0.2) is 5.82 Å². The van der Waals surface area contributed by atoms with E-state index in [-0.39, 0.29) is 11.8 Å². The lowest BCUT2D eigenvalue weighted by molar-refractivity contribution is -0.120. The van der Waals surface area contributed by atoms with Crippen molar-refractivity contribution >= 4 is 11.7 Å². The highest BCUT2D eigenvalue weighted by molar-refractivity contribution is 5.91. The number of nitrogens with zero attached hydrogens (tertiary/aromatic N) is 1. The Morgan fingerprint density at radius 1 is 1.50 bits per heavy atom. The molecule has 1 saturated carbocycles. The van der Waals surface area contributed by atoms with Gasteiger partial charge in [-0.25, -0.2) is 0 Å². The highest BCUT2D eigenvalue weighted by Crippen LogP contribution is 2.24. The maximum atomic E-state index is 11.9. The van der Waals surface area contributed by atoms with Crippen molar-refractivity contribution in [3.8, 4) is 0 Å². The summed E-state index contributed by atoms with van der Waals surface area (Å²) in [7, 11) is 0. The zero-order chi connectivity index (χ0) is 11.4. The second kappa shape index (κ2) is 5.14. The molecule has 16 heavy (non-hydrogen) atoms. The van der Waals surface area contributed by atoms with Crippen molar-refractivity contribution in [1.29, 1.82) is 0 Å². The summed E-state index contributed by atoms with van der Waals surface area (Å²) in [6.45, 7) is 2.06. The lowest BCUT2D eigenvalue weighted by Gasteiger charge is -2.19. The van der Waals surface area contributed by atoms with Crippen molar-refractivity contribution in [2.45, 2.75) is 45.4 Å². The molecule has 0 radical (unpaired) electrons. The highest BCUT2D eigenvalue weighted by Gasteiger charge is 2.21. The fourth-order valence-electron chi connectivity index (χ4n) is 2.20. The lowest BCUT2D eigenvalue weighted by atomic mass is 9.89. The average molecular weight is 221 g/mol. The molecule has 1 fully saturated rings. The van der Waals surface area contributed by atoms with E-state index >= 15 is 0 Å². The molecule has 4 nitrogen and oxygen atoms in total. The first-order valence-electron chi connectivity index (χ1n) is 6.14. The number of H-pyrrole nitrogens is 1. The van der Waals surface area contributed by atoms with Gasteiger partial charge in [0.25, 0.3) is 0 Å². The van der Waals surface area contributed by atoms with Gasteiger partial charge >= 0.3 is 0 Å². The molecule has 0 atom stereocenters. The molecule has 1 aromatic heterocycles. The van der Waals surface area contributed by atoms with Crippen molar-refractivity contribution in [3.05, 3.63) is 11.8 Å². The van der Waals surface area contributed by atoms with Crippen LogP contribution in [0.25, 0.3) is 0 Å². The molecule has 2 rings (SSSR count). The van der Waals surface area contributed by atoms with E-state index < -0.39 is 0 Å². The predicted molar refractivity (Wildman–Crippen MR) is 63.2 cm³/mol. The van der Waals surface area contributed by atoms with Gasteiger partial charge in [-0.05, 0) is 19.3 Å². The Hall–Kier alpha value is -1.32. The second-order valence-corrected chi connectivity index (χ2v) is 4.46. The van der Waals surface area contributed by atoms with Gasteiger partial charge in [-0.2, -0.15) is 5.10 Å². The van der Waals surface area contributed by atoms with Crippen molar-refractivity contribution in [1.82, 2.24) is 10.2 Å². The van der Waals surface area contributed by atoms with Crippen molar-refractivity contribution in [2.75, 3.05) is 5.32 Å². The standard InChI is InChI=1S/C12H19N3O/c1-2-10-8-11(15-14-10)13-12(16)9-6-4-3-5-7-9/h8-9H,2-7H2,1H3,(H2,13,14,15,16). The average Bonchev–Trinajstić information content (AvgIpc) is 2.78. The molecule has 0 spiro atoms. The number of nitrogens with one attached hydrogen (secondary N) is 2. The van der Waals surface area contributed by atoms with Crippen LogP contribution in [0.1, 0.15) is 44.7 Å². The summed E-state index contributed by atoms with van der Waals surface area (Å²) in [5.41, 5.74) is 1.05. The normalized spacial score (nSPS) is 17.3. The summed E-state index contributed by atoms with van der Waals surface area (Å²) in [6, 6.07) is 1.90. The summed E-state index contributed by atoms with van der Waals surface area (Å²) in [5.74, 6) is 0.983. The zero-order valence-corrected chi connectivity index (χ0v) is 9.75. The Labute approximate surface area is 95.8 Å². The van der Waals surface area contributed by atoms with E-state index in [1.54, 1.807) is 0 Å². The van der Waals surface area contributed by atoms with Crippen molar-refractivity contribution < 1.29 is 4.79 Å². The molecule has 0 unspecified atom stereocenters. The van der Waals surface area contributed by atoms with Crippen LogP contribution >= 0.6 is 0 Å². The number of carbonyl (C=O) groups excluding carboxylic acids is 1. The van der Waals surface area contributed by atoms with Crippen molar-refractivity contribution in [2.24, 2.45) is 5.92 Å². The molecule has 2 N–H and O–H groups in total. The molecular weight excluding hydrogens is 202 g/mol. The van der Waals surface area contributed by atoms with Gasteiger partial charge in [0.05, 0.1) is 0 Å². The summed E-state index contributed by atoms with van der Waals surface area (Å²) < 4.78 is 0. The summed E-state index contributed by atoms with van der Waals surface area (Å²) in [4.78, 5) is 11.9. The second-order valence-electron chi connectivity index (χ2n) is 4.46. The van der Waals surface area contributed by atoms with E-state index in [4.69, 9.17) is 0 Å². The van der Waals surface area contributed by atoms with Gasteiger partial charge in [-0.15, -0.1) is 0 Å². The molecule has 0 aromatic carbocycles. The number of anilines is 1. The summed E-state index contributed by atoms with van der Waals surface area (Å²) in [5, 5.41) is 9.85. The molecule has 0 saturated heterocycles. The number of carbonyl (C=O) groups is 1. The van der Waals surface area contributed by atoms with Crippen LogP contribution in [0.4, 0.5) is 5.82 Å². The molecule has 4 heteroatoms. The minimum Gasteiger partial charge on any atom is -0.309 e. The Balaban J connectivity index is 1.90. The summed E-state index contributed by atoms with van der Waals surface area (Å²) >= 11 is 0. The Morgan fingerprint density at radius 2 is 2.25 bits per heavy atom. The summed E-state index contributed by atoms with van der Waals surface area (Å²) in [6.07, 6.45) is 6.59. The minimum absolute atomic E-state index is 0.133. The third-order valence-electron chi connectivity index (χ3n) is 3.24. The first kappa shape index (κ1) is 11.2. The molecule has 1 aliphatic carbocycles. The van der Waals surface area contributed by atoms with E-state index in [9.17, 15) is 4.79 Å². The van der Waals surface area contributed by atoms with Gasteiger partial charge in [-0.1, -0.05) is 26.2 Å². The SMILES string of the molecule is CCc1cc(NC(=O)C2CCCCC2)n[nH]1. The molecule has 1 heterocycles. The van der Waals surface area contributed by atoms with Crippen LogP contribution in [0.5, 0.6) is 0 Å². The van der Waals surface area contributed by atoms with E-state index in [0.29, 0.717) is 5.82 Å². The monoisotopic (exact) mass is 221 g/mol. The van der Waals surface area contributed by atoms with Crippen LogP contribution in [0.2, 0.25) is 0 Å². The van der Waals surface area contributed by atoms with Crippen LogP contribution < -0.4 is 5.32 Å². The third kappa shape index (κ3) is 2.62. The smallest absolute Gasteiger partial charge is 0.228 e. The Bertz CT molecular complexity index is 353. The van der Waals surface area contributed by atoms with Gasteiger partial charge in [-0.3, -0.25) is 9.89 Å². The molecule has 88 valence electrons. The van der Waals surface area contributed by atoms with Crippen LogP contribution in [-0.2, 0) is 11.2 Å². The van der Waals surface area contributed by atoms with Gasteiger partial charge in [0.1, 0.15) is 0 Å². The number of aromatic nitrogens is 2. The van der Waals surface area contributed by atoms with Gasteiger partial charge in [0.2, 0.25) is 5.91 Å². The van der Waals surface area contributed by atoms with E-state index in [1.165, 1.54) is 19.3 Å². The maximum absolute atomic E-state index is 11.9. The molecular formula is C12H19N3O. The Morgan fingerprint density at radius 3 is 2.88 bits per heavy atom. The van der Waals surface area contributed by atoms with E-state index in [2.05, 4.69) is 22.4 Å². The first-order valence-corrected chi connectivity index (χ1v) is 6.14.